The van der Waals surface area contributed by atoms with Crippen molar-refractivity contribution in [2.45, 2.75) is 18.6 Å². The molecule has 1 aromatic heterocycles. The summed E-state index contributed by atoms with van der Waals surface area (Å²) in [6, 6.07) is 16.8. The lowest BCUT2D eigenvalue weighted by atomic mass is 10.2. The van der Waals surface area contributed by atoms with Crippen molar-refractivity contribution in [2.75, 3.05) is 34.5 Å². The van der Waals surface area contributed by atoms with Crippen molar-refractivity contribution in [1.29, 1.82) is 0 Å². The van der Waals surface area contributed by atoms with Crippen molar-refractivity contribution in [2.24, 2.45) is 0 Å². The van der Waals surface area contributed by atoms with Crippen LogP contribution in [0.2, 0.25) is 0 Å². The molecule has 1 unspecified atom stereocenters. The van der Waals surface area contributed by atoms with Crippen LogP contribution in [0.3, 0.4) is 0 Å². The van der Waals surface area contributed by atoms with Crippen LogP contribution < -0.4 is 20.3 Å². The average molecular weight is 479 g/mol. The Balaban J connectivity index is 1.47. The number of nitrogens with zero attached hydrogens (tertiary/aromatic N) is 5. The molecule has 0 spiro atoms. The minimum absolute atomic E-state index is 0.0704. The number of likely N-dealkylation sites (tertiary alicyclic amines) is 1. The molecule has 9 nitrogen and oxygen atoms in total. The maximum absolute atomic E-state index is 12.4. The number of anilines is 4. The number of hydrogen-bond acceptors (Lipinski definition) is 8. The van der Waals surface area contributed by atoms with Crippen molar-refractivity contribution in [3.05, 3.63) is 60.9 Å². The van der Waals surface area contributed by atoms with E-state index in [1.165, 1.54) is 6.33 Å². The van der Waals surface area contributed by atoms with Gasteiger partial charge in [-0.25, -0.2) is 9.97 Å². The van der Waals surface area contributed by atoms with Gasteiger partial charge in [-0.3, -0.25) is 9.59 Å². The number of nitrogen functional groups attached to an aromatic ring is 1. The molecule has 2 N–H and O–H groups in total. The SMILES string of the molecule is Nc1ncnc2c1N(c1ccc(Oc3ccccc3)cc1)C(C=O)N2[C@@H]1CCN(C(=O)CCl)C1. The molecule has 2 aromatic carbocycles. The molecule has 5 rings (SSSR count). The van der Waals surface area contributed by atoms with Gasteiger partial charge in [0.2, 0.25) is 5.91 Å². The summed E-state index contributed by atoms with van der Waals surface area (Å²) in [6.07, 6.45) is 2.25. The van der Waals surface area contributed by atoms with Crippen molar-refractivity contribution >= 4 is 46.8 Å². The highest BCUT2D eigenvalue weighted by molar-refractivity contribution is 6.27. The van der Waals surface area contributed by atoms with E-state index in [0.29, 0.717) is 36.8 Å². The summed E-state index contributed by atoms with van der Waals surface area (Å²) in [5.41, 5.74) is 7.58. The maximum Gasteiger partial charge on any atom is 0.237 e. The van der Waals surface area contributed by atoms with Crippen LogP contribution in [0.15, 0.2) is 60.9 Å². The Bertz CT molecular complexity index is 1190. The summed E-state index contributed by atoms with van der Waals surface area (Å²) in [5, 5.41) is 0. The van der Waals surface area contributed by atoms with Crippen molar-refractivity contribution in [1.82, 2.24) is 14.9 Å². The fourth-order valence-corrected chi connectivity index (χ4v) is 4.73. The Kier molecular flexibility index (Phi) is 5.93. The number of halogens is 1. The van der Waals surface area contributed by atoms with E-state index in [2.05, 4.69) is 9.97 Å². The van der Waals surface area contributed by atoms with E-state index in [0.717, 1.165) is 17.7 Å². The smallest absolute Gasteiger partial charge is 0.237 e. The molecule has 0 aliphatic carbocycles. The summed E-state index contributed by atoms with van der Waals surface area (Å²) in [7, 11) is 0. The second-order valence-electron chi connectivity index (χ2n) is 8.08. The van der Waals surface area contributed by atoms with Gasteiger partial charge >= 0.3 is 0 Å². The Labute approximate surface area is 201 Å². The lowest BCUT2D eigenvalue weighted by molar-refractivity contribution is -0.127. The molecule has 0 saturated carbocycles. The van der Waals surface area contributed by atoms with Crippen LogP contribution in [0.5, 0.6) is 11.5 Å². The number of ether oxygens (including phenoxy) is 1. The number of carbonyl (C=O) groups excluding carboxylic acids is 2. The molecular formula is C24H23ClN6O3. The van der Waals surface area contributed by atoms with Gasteiger partial charge in [-0.1, -0.05) is 18.2 Å². The molecule has 1 saturated heterocycles. The van der Waals surface area contributed by atoms with Gasteiger partial charge in [0.25, 0.3) is 0 Å². The lowest BCUT2D eigenvalue weighted by Crippen LogP contribution is -2.49. The number of benzene rings is 2. The van der Waals surface area contributed by atoms with Crippen molar-refractivity contribution < 1.29 is 14.3 Å². The van der Waals surface area contributed by atoms with Crippen LogP contribution in [0.4, 0.5) is 23.0 Å². The van der Waals surface area contributed by atoms with Crippen molar-refractivity contribution in [3.8, 4) is 11.5 Å². The number of para-hydroxylation sites is 1. The Morgan fingerprint density at radius 1 is 1.12 bits per heavy atom. The zero-order valence-electron chi connectivity index (χ0n) is 18.3. The molecule has 0 radical (unpaired) electrons. The predicted molar refractivity (Wildman–Crippen MR) is 130 cm³/mol. The van der Waals surface area contributed by atoms with Gasteiger partial charge in [0.1, 0.15) is 29.4 Å². The van der Waals surface area contributed by atoms with Gasteiger partial charge < -0.3 is 25.2 Å². The highest BCUT2D eigenvalue weighted by Gasteiger charge is 2.45. The molecule has 1 amide bonds. The van der Waals surface area contributed by atoms with Crippen LogP contribution in [-0.2, 0) is 9.59 Å². The molecule has 2 atom stereocenters. The third-order valence-corrected chi connectivity index (χ3v) is 6.33. The van der Waals surface area contributed by atoms with Gasteiger partial charge in [0.15, 0.2) is 24.1 Å². The summed E-state index contributed by atoms with van der Waals surface area (Å²) >= 11 is 5.75. The largest absolute Gasteiger partial charge is 0.457 e. The first-order valence-electron chi connectivity index (χ1n) is 10.9. The molecule has 174 valence electrons. The number of nitrogens with two attached hydrogens (primary N) is 1. The standard InChI is InChI=1S/C24H23ClN6O3/c25-12-21(33)29-11-10-17(13-29)31-20(14-32)30(22-23(26)27-15-28-24(22)31)16-6-8-19(9-7-16)34-18-4-2-1-3-5-18/h1-9,14-15,17,20H,10-13H2,(H2,26,27,28)/t17-,20?/m1/s1. The summed E-state index contributed by atoms with van der Waals surface area (Å²) in [4.78, 5) is 38.6. The third kappa shape index (κ3) is 3.88. The van der Waals surface area contributed by atoms with Crippen molar-refractivity contribution in [3.63, 3.8) is 0 Å². The van der Waals surface area contributed by atoms with Crippen LogP contribution in [0.1, 0.15) is 6.42 Å². The normalized spacial score (nSPS) is 19.3. The van der Waals surface area contributed by atoms with E-state index in [1.54, 1.807) is 4.90 Å². The quantitative estimate of drug-likeness (QED) is 0.425. The number of carbonyl (C=O) groups is 2. The zero-order chi connectivity index (χ0) is 23.7. The lowest BCUT2D eigenvalue weighted by Gasteiger charge is -2.32. The molecule has 34 heavy (non-hydrogen) atoms. The van der Waals surface area contributed by atoms with Crippen LogP contribution in [-0.4, -0.2) is 58.2 Å². The van der Waals surface area contributed by atoms with E-state index in [1.807, 2.05) is 64.4 Å². The number of hydrogen-bond donors (Lipinski definition) is 1. The maximum atomic E-state index is 12.4. The average Bonchev–Trinajstić information content (AvgIpc) is 3.48. The number of fused-ring (bicyclic) bond motifs is 1. The fraction of sp³-hybridized carbons (Fsp3) is 0.250. The first-order valence-corrected chi connectivity index (χ1v) is 11.4. The molecule has 3 heterocycles. The van der Waals surface area contributed by atoms with Crippen LogP contribution in [0.25, 0.3) is 0 Å². The second kappa shape index (κ2) is 9.18. The number of aldehydes is 1. The number of amides is 1. The first kappa shape index (κ1) is 22.0. The van der Waals surface area contributed by atoms with Gasteiger partial charge in [0.05, 0.1) is 6.04 Å². The monoisotopic (exact) mass is 478 g/mol. The van der Waals surface area contributed by atoms with Gasteiger partial charge in [-0.15, -0.1) is 11.6 Å². The molecule has 3 aromatic rings. The Morgan fingerprint density at radius 3 is 2.56 bits per heavy atom. The second-order valence-corrected chi connectivity index (χ2v) is 8.35. The number of rotatable bonds is 6. The predicted octanol–water partition coefficient (Wildman–Crippen LogP) is 3.17. The van der Waals surface area contributed by atoms with E-state index in [9.17, 15) is 9.59 Å². The van der Waals surface area contributed by atoms with E-state index < -0.39 is 6.17 Å². The number of aromatic nitrogens is 2. The molecule has 10 heteroatoms. The Hall–Kier alpha value is -3.85. The van der Waals surface area contributed by atoms with Crippen LogP contribution in [0, 0.1) is 0 Å². The Morgan fingerprint density at radius 2 is 1.85 bits per heavy atom. The van der Waals surface area contributed by atoms with Gasteiger partial charge in [0, 0.05) is 18.8 Å². The van der Waals surface area contributed by atoms with Gasteiger partial charge in [-0.2, -0.15) is 0 Å². The highest BCUT2D eigenvalue weighted by Crippen LogP contribution is 2.47. The topological polar surface area (TPSA) is 105 Å². The number of alkyl halides is 1. The summed E-state index contributed by atoms with van der Waals surface area (Å²) in [5.74, 6) is 2.04. The molecule has 1 fully saturated rings. The van der Waals surface area contributed by atoms with Crippen LogP contribution >= 0.6 is 11.6 Å². The van der Waals surface area contributed by atoms with E-state index >= 15 is 0 Å². The first-order chi connectivity index (χ1) is 16.6. The molecule has 2 aliphatic rings. The third-order valence-electron chi connectivity index (χ3n) is 6.11. The fourth-order valence-electron chi connectivity index (χ4n) is 4.56. The molecule has 2 aliphatic heterocycles. The zero-order valence-corrected chi connectivity index (χ0v) is 19.0. The molecule has 0 bridgehead atoms. The highest BCUT2D eigenvalue weighted by atomic mass is 35.5. The summed E-state index contributed by atoms with van der Waals surface area (Å²) < 4.78 is 5.89. The minimum atomic E-state index is -0.689. The van der Waals surface area contributed by atoms with E-state index in [4.69, 9.17) is 22.1 Å². The van der Waals surface area contributed by atoms with E-state index in [-0.39, 0.29) is 23.6 Å². The molecular weight excluding hydrogens is 456 g/mol. The minimum Gasteiger partial charge on any atom is -0.457 e. The summed E-state index contributed by atoms with van der Waals surface area (Å²) in [6.45, 7) is 1.02. The van der Waals surface area contributed by atoms with Gasteiger partial charge in [-0.05, 0) is 42.8 Å².